The van der Waals surface area contributed by atoms with Crippen molar-refractivity contribution in [2.24, 2.45) is 0 Å². The van der Waals surface area contributed by atoms with E-state index >= 15 is 0 Å². The number of nitrogens with one attached hydrogen (secondary N) is 1. The van der Waals surface area contributed by atoms with Crippen molar-refractivity contribution in [1.82, 2.24) is 20.4 Å². The number of rotatable bonds is 7. The third kappa shape index (κ3) is 4.48. The van der Waals surface area contributed by atoms with E-state index in [0.717, 1.165) is 16.3 Å². The van der Waals surface area contributed by atoms with Crippen LogP contribution >= 0.6 is 11.3 Å². The molecule has 24 heavy (non-hydrogen) atoms. The normalized spacial score (nSPS) is 10.7. The number of thiophene rings is 1. The maximum absolute atomic E-state index is 11.9. The number of carbonyl (C=O) groups excluding carboxylic acids is 1. The first-order valence-electron chi connectivity index (χ1n) is 7.76. The van der Waals surface area contributed by atoms with Gasteiger partial charge in [-0.3, -0.25) is 9.78 Å². The number of hydrogen-bond acceptors (Lipinski definition) is 6. The van der Waals surface area contributed by atoms with Gasteiger partial charge in [0.1, 0.15) is 0 Å². The molecule has 1 amide bonds. The largest absolute Gasteiger partial charge is 0.350 e. The molecule has 0 saturated heterocycles. The summed E-state index contributed by atoms with van der Waals surface area (Å²) in [6.07, 6.45) is 1.68. The average Bonchev–Trinajstić information content (AvgIpc) is 3.24. The number of hydrogen-bond donors (Lipinski definition) is 1. The number of carbonyl (C=O) groups is 1. The van der Waals surface area contributed by atoms with Crippen LogP contribution in [-0.2, 0) is 17.8 Å². The Kier molecular flexibility index (Phi) is 5.32. The molecule has 0 aromatic carbocycles. The Morgan fingerprint density at radius 1 is 1.25 bits per heavy atom. The van der Waals surface area contributed by atoms with Crippen molar-refractivity contribution >= 4 is 17.2 Å². The molecule has 0 unspecified atom stereocenters. The van der Waals surface area contributed by atoms with Gasteiger partial charge in [0.15, 0.2) is 0 Å². The summed E-state index contributed by atoms with van der Waals surface area (Å²) in [5.74, 6) is 1.16. The molecule has 3 heterocycles. The van der Waals surface area contributed by atoms with Crippen LogP contribution < -0.4 is 5.32 Å². The summed E-state index contributed by atoms with van der Waals surface area (Å²) in [5.41, 5.74) is 1.81. The van der Waals surface area contributed by atoms with Gasteiger partial charge in [-0.2, -0.15) is 4.98 Å². The standard InChI is InChI=1S/C17H18N4O2S/c1-12-5-2-6-13(19-12)11-18-15(22)8-3-9-16-20-17(21-23-16)14-7-4-10-24-14/h2,4-7,10H,3,8-9,11H2,1H3,(H,18,22). The van der Waals surface area contributed by atoms with Gasteiger partial charge >= 0.3 is 0 Å². The van der Waals surface area contributed by atoms with Gasteiger partial charge in [0.25, 0.3) is 0 Å². The van der Waals surface area contributed by atoms with Crippen LogP contribution in [0.25, 0.3) is 10.7 Å². The van der Waals surface area contributed by atoms with Gasteiger partial charge < -0.3 is 9.84 Å². The summed E-state index contributed by atoms with van der Waals surface area (Å²) >= 11 is 1.57. The Bertz CT molecular complexity index is 799. The molecule has 0 aliphatic rings. The van der Waals surface area contributed by atoms with E-state index in [9.17, 15) is 4.79 Å². The Balaban J connectivity index is 1.40. The lowest BCUT2D eigenvalue weighted by Crippen LogP contribution is -2.23. The van der Waals surface area contributed by atoms with Crippen molar-refractivity contribution in [3.05, 3.63) is 53.0 Å². The molecule has 3 aromatic heterocycles. The van der Waals surface area contributed by atoms with E-state index in [1.807, 2.05) is 42.6 Å². The van der Waals surface area contributed by atoms with Crippen LogP contribution in [0.15, 0.2) is 40.2 Å². The number of nitrogens with zero attached hydrogens (tertiary/aromatic N) is 3. The van der Waals surface area contributed by atoms with Gasteiger partial charge in [-0.1, -0.05) is 17.3 Å². The average molecular weight is 342 g/mol. The maximum atomic E-state index is 11.9. The minimum atomic E-state index is -0.00342. The van der Waals surface area contributed by atoms with Crippen LogP contribution in [0, 0.1) is 6.92 Å². The number of aryl methyl sites for hydroxylation is 2. The summed E-state index contributed by atoms with van der Waals surface area (Å²) in [7, 11) is 0. The molecule has 3 aromatic rings. The second-order valence-electron chi connectivity index (χ2n) is 5.39. The number of pyridine rings is 1. The molecular formula is C17H18N4O2S. The highest BCUT2D eigenvalue weighted by molar-refractivity contribution is 7.13. The zero-order chi connectivity index (χ0) is 16.8. The molecule has 0 spiro atoms. The lowest BCUT2D eigenvalue weighted by Gasteiger charge is -2.04. The van der Waals surface area contributed by atoms with E-state index in [2.05, 4.69) is 20.4 Å². The van der Waals surface area contributed by atoms with Gasteiger partial charge in [-0.15, -0.1) is 11.3 Å². The quantitative estimate of drug-likeness (QED) is 0.713. The van der Waals surface area contributed by atoms with Crippen LogP contribution in [-0.4, -0.2) is 21.0 Å². The zero-order valence-corrected chi connectivity index (χ0v) is 14.2. The molecule has 124 valence electrons. The molecule has 0 aliphatic carbocycles. The molecule has 0 bridgehead atoms. The van der Waals surface area contributed by atoms with Gasteiger partial charge in [-0.05, 0) is 36.9 Å². The first-order chi connectivity index (χ1) is 11.7. The van der Waals surface area contributed by atoms with E-state index in [4.69, 9.17) is 4.52 Å². The third-order valence-electron chi connectivity index (χ3n) is 3.42. The van der Waals surface area contributed by atoms with E-state index in [-0.39, 0.29) is 5.91 Å². The topological polar surface area (TPSA) is 80.9 Å². The SMILES string of the molecule is Cc1cccc(CNC(=O)CCCc2nc(-c3cccs3)no2)n1. The van der Waals surface area contributed by atoms with E-state index in [1.165, 1.54) is 0 Å². The summed E-state index contributed by atoms with van der Waals surface area (Å²) in [6, 6.07) is 9.66. The first kappa shape index (κ1) is 16.3. The Morgan fingerprint density at radius 2 is 2.17 bits per heavy atom. The van der Waals surface area contributed by atoms with Crippen molar-refractivity contribution in [1.29, 1.82) is 0 Å². The number of aromatic nitrogens is 3. The second kappa shape index (κ2) is 7.83. The molecule has 0 atom stereocenters. The van der Waals surface area contributed by atoms with Gasteiger partial charge in [0.2, 0.25) is 17.6 Å². The predicted molar refractivity (Wildman–Crippen MR) is 91.4 cm³/mol. The molecule has 0 aliphatic heterocycles. The smallest absolute Gasteiger partial charge is 0.226 e. The molecule has 1 N–H and O–H groups in total. The minimum absolute atomic E-state index is 0.00342. The lowest BCUT2D eigenvalue weighted by atomic mass is 10.2. The van der Waals surface area contributed by atoms with Crippen LogP contribution in [0.1, 0.15) is 30.1 Å². The highest BCUT2D eigenvalue weighted by atomic mass is 32.1. The van der Waals surface area contributed by atoms with Crippen LogP contribution in [0.3, 0.4) is 0 Å². The highest BCUT2D eigenvalue weighted by Crippen LogP contribution is 2.21. The summed E-state index contributed by atoms with van der Waals surface area (Å²) in [5, 5.41) is 8.80. The highest BCUT2D eigenvalue weighted by Gasteiger charge is 2.10. The van der Waals surface area contributed by atoms with Crippen LogP contribution in [0.4, 0.5) is 0 Å². The van der Waals surface area contributed by atoms with Crippen molar-refractivity contribution in [2.45, 2.75) is 32.7 Å². The van der Waals surface area contributed by atoms with Gasteiger partial charge in [0, 0.05) is 18.5 Å². The van der Waals surface area contributed by atoms with Crippen LogP contribution in [0.2, 0.25) is 0 Å². The fraction of sp³-hybridized carbons (Fsp3) is 0.294. The summed E-state index contributed by atoms with van der Waals surface area (Å²) in [4.78, 5) is 21.6. The number of amides is 1. The van der Waals surface area contributed by atoms with Crippen molar-refractivity contribution in [2.75, 3.05) is 0 Å². The second-order valence-corrected chi connectivity index (χ2v) is 6.34. The molecule has 6 nitrogen and oxygen atoms in total. The van der Waals surface area contributed by atoms with Crippen molar-refractivity contribution in [3.63, 3.8) is 0 Å². The molecule has 3 rings (SSSR count). The minimum Gasteiger partial charge on any atom is -0.350 e. The van der Waals surface area contributed by atoms with Crippen LogP contribution in [0.5, 0.6) is 0 Å². The fourth-order valence-corrected chi connectivity index (χ4v) is 2.89. The molecule has 0 radical (unpaired) electrons. The summed E-state index contributed by atoms with van der Waals surface area (Å²) in [6.45, 7) is 2.38. The van der Waals surface area contributed by atoms with Crippen molar-refractivity contribution in [3.8, 4) is 10.7 Å². The monoisotopic (exact) mass is 342 g/mol. The van der Waals surface area contributed by atoms with E-state index < -0.39 is 0 Å². The van der Waals surface area contributed by atoms with Gasteiger partial charge in [-0.25, -0.2) is 0 Å². The maximum Gasteiger partial charge on any atom is 0.226 e. The first-order valence-corrected chi connectivity index (χ1v) is 8.64. The molecule has 0 saturated carbocycles. The summed E-state index contributed by atoms with van der Waals surface area (Å²) < 4.78 is 5.22. The fourth-order valence-electron chi connectivity index (χ4n) is 2.24. The Labute approximate surface area is 143 Å². The zero-order valence-electron chi connectivity index (χ0n) is 13.4. The van der Waals surface area contributed by atoms with Crippen molar-refractivity contribution < 1.29 is 9.32 Å². The molecule has 0 fully saturated rings. The third-order valence-corrected chi connectivity index (χ3v) is 4.28. The predicted octanol–water partition coefficient (Wildman–Crippen LogP) is 3.14. The Hall–Kier alpha value is -2.54. The van der Waals surface area contributed by atoms with E-state index in [1.54, 1.807) is 11.3 Å². The van der Waals surface area contributed by atoms with E-state index in [0.29, 0.717) is 37.5 Å². The molecular weight excluding hydrogens is 324 g/mol. The van der Waals surface area contributed by atoms with Gasteiger partial charge in [0.05, 0.1) is 17.1 Å². The Morgan fingerprint density at radius 3 is 2.96 bits per heavy atom. The lowest BCUT2D eigenvalue weighted by molar-refractivity contribution is -0.121. The molecule has 7 heteroatoms.